The molecule has 1 aliphatic heterocycles. The second kappa shape index (κ2) is 9.38. The summed E-state index contributed by atoms with van der Waals surface area (Å²) in [5, 5.41) is 0. The van der Waals surface area contributed by atoms with E-state index in [1.807, 2.05) is 45.2 Å². The second-order valence-electron chi connectivity index (χ2n) is 8.08. The molecule has 0 N–H and O–H groups in total. The first-order valence-electron chi connectivity index (χ1n) is 10.8. The number of nitrogens with zero attached hydrogens (tertiary/aromatic N) is 3. The number of hydrogen-bond donors (Lipinski definition) is 0. The maximum Gasteiger partial charge on any atom is 0.338 e. The van der Waals surface area contributed by atoms with E-state index in [1.165, 1.54) is 11.3 Å². The van der Waals surface area contributed by atoms with Crippen molar-refractivity contribution < 1.29 is 14.3 Å². The number of carbonyl (C=O) groups is 1. The van der Waals surface area contributed by atoms with Crippen LogP contribution in [0.5, 0.6) is 5.75 Å². The first-order valence-corrected chi connectivity index (χ1v) is 12.4. The molecule has 0 aliphatic carbocycles. The van der Waals surface area contributed by atoms with E-state index in [1.54, 1.807) is 25.5 Å². The summed E-state index contributed by atoms with van der Waals surface area (Å²) in [6, 6.07) is 6.92. The van der Waals surface area contributed by atoms with Gasteiger partial charge in [0.25, 0.3) is 5.56 Å². The van der Waals surface area contributed by atoms with Crippen molar-refractivity contribution in [1.82, 2.24) is 9.13 Å². The van der Waals surface area contributed by atoms with Gasteiger partial charge in [-0.1, -0.05) is 17.4 Å². The third kappa shape index (κ3) is 4.07. The van der Waals surface area contributed by atoms with Crippen LogP contribution in [0.4, 0.5) is 0 Å². The van der Waals surface area contributed by atoms with Gasteiger partial charge in [0, 0.05) is 18.4 Å². The van der Waals surface area contributed by atoms with Gasteiger partial charge in [-0.3, -0.25) is 9.36 Å². The Morgan fingerprint density at radius 1 is 1.26 bits per heavy atom. The van der Waals surface area contributed by atoms with Crippen molar-refractivity contribution in [1.29, 1.82) is 0 Å². The summed E-state index contributed by atoms with van der Waals surface area (Å²) in [5.41, 5.74) is 4.61. The number of carbonyl (C=O) groups excluding carboxylic acids is 1. The average molecular weight is 544 g/mol. The molecular formula is C25H26BrN3O4S. The van der Waals surface area contributed by atoms with Crippen molar-refractivity contribution in [3.63, 3.8) is 0 Å². The van der Waals surface area contributed by atoms with Gasteiger partial charge in [0.2, 0.25) is 0 Å². The molecule has 9 heteroatoms. The molecule has 3 heterocycles. The van der Waals surface area contributed by atoms with Gasteiger partial charge in [-0.2, -0.15) is 0 Å². The lowest BCUT2D eigenvalue weighted by Gasteiger charge is -2.25. The number of esters is 1. The van der Waals surface area contributed by atoms with Crippen molar-refractivity contribution in [2.24, 2.45) is 12.0 Å². The van der Waals surface area contributed by atoms with Gasteiger partial charge >= 0.3 is 5.97 Å². The molecule has 3 aromatic rings. The van der Waals surface area contributed by atoms with E-state index in [0.29, 0.717) is 26.4 Å². The first-order chi connectivity index (χ1) is 16.2. The van der Waals surface area contributed by atoms with Crippen molar-refractivity contribution in [3.05, 3.63) is 82.2 Å². The topological polar surface area (TPSA) is 74.8 Å². The standard InChI is InChI=1S/C25H26BrN3O4S/c1-7-33-24(31)21-14(3)27-25-29(22(21)16-8-9-19(32-6)18(26)11-16)23(30)20(34-25)12-17-10-13(2)28(5)15(17)4/h8-12,22H,7H2,1-6H3/b20-12+/t22-/m1/s1. The quantitative estimate of drug-likeness (QED) is 0.461. The number of halogens is 1. The number of rotatable bonds is 5. The summed E-state index contributed by atoms with van der Waals surface area (Å²) in [4.78, 5) is 31.9. The molecule has 34 heavy (non-hydrogen) atoms. The van der Waals surface area contributed by atoms with Gasteiger partial charge < -0.3 is 14.0 Å². The van der Waals surface area contributed by atoms with Crippen LogP contribution in [-0.4, -0.2) is 28.8 Å². The number of aromatic nitrogens is 2. The fourth-order valence-corrected chi connectivity index (χ4v) is 5.73. The number of ether oxygens (including phenoxy) is 2. The summed E-state index contributed by atoms with van der Waals surface area (Å²) >= 11 is 4.85. The van der Waals surface area contributed by atoms with Gasteiger partial charge in [-0.05, 0) is 79.0 Å². The van der Waals surface area contributed by atoms with E-state index in [9.17, 15) is 9.59 Å². The lowest BCUT2D eigenvalue weighted by molar-refractivity contribution is -0.139. The molecule has 0 fully saturated rings. The highest BCUT2D eigenvalue weighted by Crippen LogP contribution is 2.35. The van der Waals surface area contributed by atoms with Crippen LogP contribution < -0.4 is 19.6 Å². The van der Waals surface area contributed by atoms with E-state index in [4.69, 9.17) is 9.47 Å². The second-order valence-corrected chi connectivity index (χ2v) is 9.95. The average Bonchev–Trinajstić information content (AvgIpc) is 3.23. The number of methoxy groups -OCH3 is 1. The maximum atomic E-state index is 13.7. The predicted octanol–water partition coefficient (Wildman–Crippen LogP) is 3.52. The van der Waals surface area contributed by atoms with Gasteiger partial charge in [0.05, 0.1) is 40.0 Å². The van der Waals surface area contributed by atoms with Crippen LogP contribution >= 0.6 is 27.3 Å². The fourth-order valence-electron chi connectivity index (χ4n) is 4.13. The van der Waals surface area contributed by atoms with Crippen molar-refractivity contribution in [2.45, 2.75) is 33.7 Å². The van der Waals surface area contributed by atoms with E-state index in [-0.39, 0.29) is 12.2 Å². The Bertz CT molecular complexity index is 1510. The van der Waals surface area contributed by atoms with Crippen LogP contribution in [0.1, 0.15) is 42.4 Å². The Balaban J connectivity index is 1.98. The zero-order valence-electron chi connectivity index (χ0n) is 19.9. The number of benzene rings is 1. The third-order valence-corrected chi connectivity index (χ3v) is 7.71. The maximum absolute atomic E-state index is 13.7. The van der Waals surface area contributed by atoms with Crippen molar-refractivity contribution in [2.75, 3.05) is 13.7 Å². The minimum Gasteiger partial charge on any atom is -0.496 e. The number of hydrogen-bond acceptors (Lipinski definition) is 6. The monoisotopic (exact) mass is 543 g/mol. The normalized spacial score (nSPS) is 15.9. The fraction of sp³-hybridized carbons (Fsp3) is 0.320. The van der Waals surface area contributed by atoms with Gasteiger partial charge in [-0.15, -0.1) is 0 Å². The highest BCUT2D eigenvalue weighted by Gasteiger charge is 2.33. The first kappa shape index (κ1) is 24.2. The molecule has 0 spiro atoms. The lowest BCUT2D eigenvalue weighted by Crippen LogP contribution is -2.40. The summed E-state index contributed by atoms with van der Waals surface area (Å²) in [6.45, 7) is 7.82. The third-order valence-electron chi connectivity index (χ3n) is 6.11. The van der Waals surface area contributed by atoms with Crippen molar-refractivity contribution >= 4 is 39.3 Å². The zero-order valence-corrected chi connectivity index (χ0v) is 22.3. The Morgan fingerprint density at radius 3 is 2.59 bits per heavy atom. The predicted molar refractivity (Wildman–Crippen MR) is 136 cm³/mol. The molecule has 2 aromatic heterocycles. The minimum absolute atomic E-state index is 0.198. The molecule has 1 aliphatic rings. The lowest BCUT2D eigenvalue weighted by atomic mass is 9.96. The van der Waals surface area contributed by atoms with E-state index in [2.05, 4.69) is 31.6 Å². The zero-order chi connectivity index (χ0) is 24.7. The molecule has 0 saturated carbocycles. The van der Waals surface area contributed by atoms with Gasteiger partial charge in [0.1, 0.15) is 5.75 Å². The van der Waals surface area contributed by atoms with Crippen LogP contribution in [0.2, 0.25) is 0 Å². The van der Waals surface area contributed by atoms with E-state index in [0.717, 1.165) is 27.0 Å². The molecule has 1 aromatic carbocycles. The molecule has 0 unspecified atom stereocenters. The van der Waals surface area contributed by atoms with Crippen LogP contribution in [-0.2, 0) is 16.6 Å². The highest BCUT2D eigenvalue weighted by atomic mass is 79.9. The number of aryl methyl sites for hydroxylation is 1. The van der Waals surface area contributed by atoms with E-state index >= 15 is 0 Å². The summed E-state index contributed by atoms with van der Waals surface area (Å²) in [7, 11) is 3.59. The number of allylic oxidation sites excluding steroid dienone is 1. The molecule has 7 nitrogen and oxygen atoms in total. The van der Waals surface area contributed by atoms with Gasteiger partial charge in [-0.25, -0.2) is 9.79 Å². The minimum atomic E-state index is -0.668. The van der Waals surface area contributed by atoms with Crippen LogP contribution in [0.15, 0.2) is 49.8 Å². The Morgan fingerprint density at radius 2 is 2.00 bits per heavy atom. The molecule has 1 atom stereocenters. The van der Waals surface area contributed by atoms with Gasteiger partial charge in [0.15, 0.2) is 4.80 Å². The molecule has 4 rings (SSSR count). The van der Waals surface area contributed by atoms with Crippen LogP contribution in [0, 0.1) is 13.8 Å². The Kier molecular flexibility index (Phi) is 6.69. The SMILES string of the molecule is CCOC(=O)C1=C(C)N=c2s/c(=C/c3cc(C)n(C)c3C)c(=O)n2[C@@H]1c1ccc(OC)c(Br)c1. The van der Waals surface area contributed by atoms with Crippen LogP contribution in [0.3, 0.4) is 0 Å². The molecule has 0 bridgehead atoms. The Hall–Kier alpha value is -2.91. The molecular weight excluding hydrogens is 518 g/mol. The Labute approximate surface area is 209 Å². The molecule has 0 saturated heterocycles. The summed E-state index contributed by atoms with van der Waals surface area (Å²) in [5.74, 6) is 0.175. The highest BCUT2D eigenvalue weighted by molar-refractivity contribution is 9.10. The van der Waals surface area contributed by atoms with E-state index < -0.39 is 12.0 Å². The van der Waals surface area contributed by atoms with Crippen LogP contribution in [0.25, 0.3) is 6.08 Å². The van der Waals surface area contributed by atoms with Crippen molar-refractivity contribution in [3.8, 4) is 5.75 Å². The molecule has 0 amide bonds. The largest absolute Gasteiger partial charge is 0.496 e. The molecule has 0 radical (unpaired) electrons. The summed E-state index contributed by atoms with van der Waals surface area (Å²) in [6.07, 6.45) is 1.90. The number of thiazole rings is 1. The smallest absolute Gasteiger partial charge is 0.338 e. The number of fused-ring (bicyclic) bond motifs is 1. The molecule has 178 valence electrons. The summed E-state index contributed by atoms with van der Waals surface area (Å²) < 4.78 is 15.7.